The van der Waals surface area contributed by atoms with Crippen molar-refractivity contribution >= 4 is 11.8 Å². The molecule has 28 heavy (non-hydrogen) atoms. The van der Waals surface area contributed by atoms with Crippen LogP contribution in [0.3, 0.4) is 0 Å². The van der Waals surface area contributed by atoms with E-state index in [1.807, 2.05) is 60.4 Å². The van der Waals surface area contributed by atoms with Gasteiger partial charge in [0.15, 0.2) is 0 Å². The molecule has 3 rings (SSSR count). The van der Waals surface area contributed by atoms with Crippen LogP contribution >= 0.6 is 0 Å². The first-order valence-electron chi connectivity index (χ1n) is 9.75. The minimum atomic E-state index is -0.432. The molecule has 0 saturated carbocycles. The summed E-state index contributed by atoms with van der Waals surface area (Å²) in [4.78, 5) is 29.1. The van der Waals surface area contributed by atoms with Crippen molar-refractivity contribution in [1.29, 1.82) is 0 Å². The summed E-state index contributed by atoms with van der Waals surface area (Å²) in [5.41, 5.74) is 2.65. The highest BCUT2D eigenvalue weighted by atomic mass is 16.5. The Labute approximate surface area is 166 Å². The van der Waals surface area contributed by atoms with Crippen LogP contribution in [0.25, 0.3) is 11.1 Å². The molecule has 148 valence electrons. The molecule has 1 aliphatic heterocycles. The van der Waals surface area contributed by atoms with Crippen LogP contribution in [-0.2, 0) is 4.79 Å². The Bertz CT molecular complexity index is 845. The molecule has 1 fully saturated rings. The van der Waals surface area contributed by atoms with E-state index in [0.717, 1.165) is 23.4 Å². The maximum Gasteiger partial charge on any atom is 0.254 e. The largest absolute Gasteiger partial charge is 0.497 e. The van der Waals surface area contributed by atoms with E-state index in [2.05, 4.69) is 13.8 Å². The van der Waals surface area contributed by atoms with Crippen molar-refractivity contribution in [3.05, 3.63) is 54.1 Å². The predicted molar refractivity (Wildman–Crippen MR) is 110 cm³/mol. The molecule has 1 heterocycles. The zero-order chi connectivity index (χ0) is 20.3. The number of methoxy groups -OCH3 is 1. The van der Waals surface area contributed by atoms with Crippen LogP contribution in [0.4, 0.5) is 0 Å². The molecule has 1 saturated heterocycles. The molecule has 5 heteroatoms. The van der Waals surface area contributed by atoms with Crippen LogP contribution < -0.4 is 4.74 Å². The Morgan fingerprint density at radius 1 is 1.11 bits per heavy atom. The number of amides is 2. The van der Waals surface area contributed by atoms with Crippen molar-refractivity contribution in [2.24, 2.45) is 5.92 Å². The first kappa shape index (κ1) is 19.9. The van der Waals surface area contributed by atoms with Crippen molar-refractivity contribution in [3.8, 4) is 16.9 Å². The molecular weight excluding hydrogens is 352 g/mol. The number of carbonyl (C=O) groups is 2. The van der Waals surface area contributed by atoms with Crippen molar-refractivity contribution in [2.75, 3.05) is 26.7 Å². The third-order valence-electron chi connectivity index (χ3n) is 5.13. The van der Waals surface area contributed by atoms with Gasteiger partial charge >= 0.3 is 0 Å². The molecule has 0 N–H and O–H groups in total. The Hall–Kier alpha value is -2.82. The average molecular weight is 380 g/mol. The molecule has 0 spiro atoms. The van der Waals surface area contributed by atoms with Gasteiger partial charge < -0.3 is 14.5 Å². The van der Waals surface area contributed by atoms with E-state index in [0.29, 0.717) is 24.6 Å². The molecule has 0 unspecified atom stereocenters. The first-order chi connectivity index (χ1) is 13.4. The second kappa shape index (κ2) is 8.46. The van der Waals surface area contributed by atoms with Crippen molar-refractivity contribution in [3.63, 3.8) is 0 Å². The third-order valence-corrected chi connectivity index (χ3v) is 5.13. The standard InChI is InChI=1S/C23H28N2O3/c1-16(2)15-24-12-13-25(17(3)22(24)26)23(27)19-10-8-18(9-11-19)20-6-5-7-21(14-20)28-4/h5-11,14,16-17H,12-13,15H2,1-4H3/t17-/m0/s1. The van der Waals surface area contributed by atoms with E-state index in [4.69, 9.17) is 4.74 Å². The van der Waals surface area contributed by atoms with Gasteiger partial charge in [-0.15, -0.1) is 0 Å². The molecule has 0 bridgehead atoms. The maximum absolute atomic E-state index is 13.0. The number of hydrogen-bond acceptors (Lipinski definition) is 3. The van der Waals surface area contributed by atoms with Gasteiger partial charge in [0.2, 0.25) is 5.91 Å². The molecular formula is C23H28N2O3. The van der Waals surface area contributed by atoms with Gasteiger partial charge in [-0.3, -0.25) is 9.59 Å². The van der Waals surface area contributed by atoms with Crippen LogP contribution in [0.2, 0.25) is 0 Å². The lowest BCUT2D eigenvalue weighted by Crippen LogP contribution is -2.58. The lowest BCUT2D eigenvalue weighted by molar-refractivity contribution is -0.140. The van der Waals surface area contributed by atoms with E-state index in [1.54, 1.807) is 12.0 Å². The second-order valence-corrected chi connectivity index (χ2v) is 7.66. The number of piperazine rings is 1. The molecule has 0 radical (unpaired) electrons. The zero-order valence-electron chi connectivity index (χ0n) is 17.0. The Morgan fingerprint density at radius 3 is 2.46 bits per heavy atom. The SMILES string of the molecule is COc1cccc(-c2ccc(C(=O)N3CCN(CC(C)C)C(=O)[C@@H]3C)cc2)c1. The lowest BCUT2D eigenvalue weighted by Gasteiger charge is -2.39. The first-order valence-corrected chi connectivity index (χ1v) is 9.75. The van der Waals surface area contributed by atoms with Crippen LogP contribution in [-0.4, -0.2) is 54.4 Å². The van der Waals surface area contributed by atoms with Crippen molar-refractivity contribution in [1.82, 2.24) is 9.80 Å². The summed E-state index contributed by atoms with van der Waals surface area (Å²) in [6.07, 6.45) is 0. The molecule has 2 aromatic rings. The summed E-state index contributed by atoms with van der Waals surface area (Å²) in [6, 6.07) is 14.9. The van der Waals surface area contributed by atoms with E-state index in [9.17, 15) is 9.59 Å². The highest BCUT2D eigenvalue weighted by Crippen LogP contribution is 2.25. The van der Waals surface area contributed by atoms with Crippen LogP contribution in [0.1, 0.15) is 31.1 Å². The quantitative estimate of drug-likeness (QED) is 0.795. The number of hydrogen-bond donors (Lipinski definition) is 0. The van der Waals surface area contributed by atoms with Gasteiger partial charge in [0, 0.05) is 25.2 Å². The zero-order valence-corrected chi connectivity index (χ0v) is 17.0. The van der Waals surface area contributed by atoms with Gasteiger partial charge in [0.05, 0.1) is 7.11 Å². The van der Waals surface area contributed by atoms with E-state index in [-0.39, 0.29) is 11.8 Å². The summed E-state index contributed by atoms with van der Waals surface area (Å²) >= 11 is 0. The maximum atomic E-state index is 13.0. The highest BCUT2D eigenvalue weighted by Gasteiger charge is 2.34. The van der Waals surface area contributed by atoms with Gasteiger partial charge in [-0.2, -0.15) is 0 Å². The van der Waals surface area contributed by atoms with Gasteiger partial charge in [-0.1, -0.05) is 38.1 Å². The minimum Gasteiger partial charge on any atom is -0.497 e. The minimum absolute atomic E-state index is 0.0290. The summed E-state index contributed by atoms with van der Waals surface area (Å²) < 4.78 is 5.28. The highest BCUT2D eigenvalue weighted by molar-refractivity contribution is 5.98. The van der Waals surface area contributed by atoms with E-state index in [1.165, 1.54) is 0 Å². The number of ether oxygens (including phenoxy) is 1. The topological polar surface area (TPSA) is 49.9 Å². The summed E-state index contributed by atoms with van der Waals surface area (Å²) in [5.74, 6) is 1.15. The Morgan fingerprint density at radius 2 is 1.82 bits per heavy atom. The molecule has 0 aliphatic carbocycles. The Balaban J connectivity index is 1.73. The second-order valence-electron chi connectivity index (χ2n) is 7.66. The predicted octanol–water partition coefficient (Wildman–Crippen LogP) is 3.69. The lowest BCUT2D eigenvalue weighted by atomic mass is 10.0. The van der Waals surface area contributed by atoms with Gasteiger partial charge in [0.25, 0.3) is 5.91 Å². The number of nitrogens with zero attached hydrogens (tertiary/aromatic N) is 2. The molecule has 2 amide bonds. The molecule has 1 atom stereocenters. The fourth-order valence-corrected chi connectivity index (χ4v) is 3.60. The summed E-state index contributed by atoms with van der Waals surface area (Å²) in [5, 5.41) is 0. The van der Waals surface area contributed by atoms with Crippen LogP contribution in [0, 0.1) is 5.92 Å². The Kier molecular flexibility index (Phi) is 6.02. The van der Waals surface area contributed by atoms with E-state index < -0.39 is 6.04 Å². The fraction of sp³-hybridized carbons (Fsp3) is 0.391. The van der Waals surface area contributed by atoms with Crippen molar-refractivity contribution < 1.29 is 14.3 Å². The van der Waals surface area contributed by atoms with Gasteiger partial charge in [-0.25, -0.2) is 0 Å². The fourth-order valence-electron chi connectivity index (χ4n) is 3.60. The monoisotopic (exact) mass is 380 g/mol. The smallest absolute Gasteiger partial charge is 0.254 e. The van der Waals surface area contributed by atoms with Crippen molar-refractivity contribution in [2.45, 2.75) is 26.8 Å². The molecule has 2 aromatic carbocycles. The summed E-state index contributed by atoms with van der Waals surface area (Å²) in [7, 11) is 1.64. The van der Waals surface area contributed by atoms with Gasteiger partial charge in [-0.05, 0) is 48.2 Å². The normalized spacial score (nSPS) is 17.2. The number of rotatable bonds is 5. The number of benzene rings is 2. The molecule has 5 nitrogen and oxygen atoms in total. The van der Waals surface area contributed by atoms with E-state index >= 15 is 0 Å². The van der Waals surface area contributed by atoms with Gasteiger partial charge in [0.1, 0.15) is 11.8 Å². The average Bonchev–Trinajstić information content (AvgIpc) is 2.71. The van der Waals surface area contributed by atoms with Crippen LogP contribution in [0.15, 0.2) is 48.5 Å². The third kappa shape index (κ3) is 4.19. The summed E-state index contributed by atoms with van der Waals surface area (Å²) in [6.45, 7) is 7.90. The molecule has 0 aromatic heterocycles. The number of carbonyl (C=O) groups excluding carboxylic acids is 2. The van der Waals surface area contributed by atoms with Crippen LogP contribution in [0.5, 0.6) is 5.75 Å². The molecule has 1 aliphatic rings.